The van der Waals surface area contributed by atoms with Crippen LogP contribution in [0.1, 0.15) is 29.8 Å². The minimum atomic E-state index is -3.40. The molecule has 0 radical (unpaired) electrons. The molecule has 8 heteroatoms. The second-order valence-corrected chi connectivity index (χ2v) is 15.0. The molecule has 0 aliphatic carbocycles. The Bertz CT molecular complexity index is 1620. The number of hydrogen-bond donors (Lipinski definition) is 4. The minimum Gasteiger partial charge on any atom is -0.388 e. The summed E-state index contributed by atoms with van der Waals surface area (Å²) in [6.45, 7) is 0. The zero-order valence-corrected chi connectivity index (χ0v) is 27.5. The highest BCUT2D eigenvalue weighted by atomic mass is 31.2. The van der Waals surface area contributed by atoms with Crippen molar-refractivity contribution in [3.8, 4) is 0 Å². The van der Waals surface area contributed by atoms with Crippen LogP contribution in [-0.2, 0) is 9.13 Å². The molecule has 0 aliphatic heterocycles. The van der Waals surface area contributed by atoms with Crippen LogP contribution in [0.4, 0.5) is 0 Å². The minimum absolute atomic E-state index is 0.314. The molecule has 0 spiro atoms. The lowest BCUT2D eigenvalue weighted by atomic mass is 9.99. The van der Waals surface area contributed by atoms with E-state index in [9.17, 15) is 29.1 Å². The van der Waals surface area contributed by atoms with Crippen LogP contribution >= 0.6 is 14.7 Å². The van der Waals surface area contributed by atoms with E-state index < -0.39 is 26.9 Å². The van der Waals surface area contributed by atoms with Crippen LogP contribution < -0.4 is 21.2 Å². The second-order valence-electron chi connectivity index (χ2n) is 10.6. The number of rotatable bonds is 8. The summed E-state index contributed by atoms with van der Waals surface area (Å²) in [7, 11) is -6.79. The van der Waals surface area contributed by atoms with E-state index in [0.717, 1.165) is 11.1 Å². The normalized spacial score (nSPS) is 12.3. The van der Waals surface area contributed by atoms with Crippen LogP contribution in [-0.4, -0.2) is 20.0 Å². The van der Waals surface area contributed by atoms with Gasteiger partial charge < -0.3 is 20.0 Å². The van der Waals surface area contributed by atoms with Gasteiger partial charge in [0.05, 0.1) is 12.2 Å². The van der Waals surface area contributed by atoms with Crippen molar-refractivity contribution in [1.82, 2.24) is 0 Å². The maximum atomic E-state index is 12.2. The van der Waals surface area contributed by atoms with E-state index in [4.69, 9.17) is 0 Å². The molecule has 6 rings (SSSR count). The lowest BCUT2D eigenvalue weighted by Gasteiger charge is -2.16. The molecule has 0 fully saturated rings. The Hall–Kier alpha value is -4.38. The van der Waals surface area contributed by atoms with Crippen molar-refractivity contribution in [2.75, 3.05) is 0 Å². The summed E-state index contributed by atoms with van der Waals surface area (Å²) < 4.78 is 24.3. The highest BCUT2D eigenvalue weighted by Gasteiger charge is 2.24. The van der Waals surface area contributed by atoms with Crippen molar-refractivity contribution in [3.05, 3.63) is 193 Å². The largest absolute Gasteiger partial charge is 0.388 e. The van der Waals surface area contributed by atoms with Gasteiger partial charge in [-0.05, 0) is 59.7 Å². The Labute approximate surface area is 276 Å². The maximum Gasteiger partial charge on any atom is 0.258 e. The zero-order valence-electron chi connectivity index (χ0n) is 25.7. The third kappa shape index (κ3) is 10.3. The quantitative estimate of drug-likeness (QED) is 0.135. The molecular formula is C39H38O6P2. The fraction of sp³-hybridized carbons (Fsp3) is 0.0769. The maximum absolute atomic E-state index is 12.2. The highest BCUT2D eigenvalue weighted by molar-refractivity contribution is 7.73. The van der Waals surface area contributed by atoms with Gasteiger partial charge in [-0.2, -0.15) is 0 Å². The molecule has 47 heavy (non-hydrogen) atoms. The van der Waals surface area contributed by atoms with Gasteiger partial charge in [0.2, 0.25) is 0 Å². The number of hydrogen-bond acceptors (Lipinski definition) is 4. The molecule has 2 atom stereocenters. The van der Waals surface area contributed by atoms with Crippen LogP contribution in [0.15, 0.2) is 182 Å². The average Bonchev–Trinajstić information content (AvgIpc) is 3.14. The number of benzene rings is 6. The first-order valence-electron chi connectivity index (χ1n) is 15.0. The van der Waals surface area contributed by atoms with Crippen molar-refractivity contribution in [3.63, 3.8) is 0 Å². The molecule has 0 heterocycles. The van der Waals surface area contributed by atoms with Gasteiger partial charge in [-0.25, -0.2) is 0 Å². The first-order valence-corrected chi connectivity index (χ1v) is 18.4. The summed E-state index contributed by atoms with van der Waals surface area (Å²) in [5.41, 5.74) is 1.67. The molecule has 0 bridgehead atoms. The smallest absolute Gasteiger partial charge is 0.258 e. The molecule has 0 saturated carbocycles. The van der Waals surface area contributed by atoms with Gasteiger partial charge in [0.25, 0.3) is 14.7 Å². The van der Waals surface area contributed by atoms with E-state index in [2.05, 4.69) is 0 Å². The SMILES string of the molecule is O=P(O)(c1ccccc1)c1ccccc1.O=P(O)(c1ccccc1)c1ccccc1.OC(CC(O)c1ccccc1)c1ccccc1. The molecule has 6 aromatic carbocycles. The molecule has 0 amide bonds. The van der Waals surface area contributed by atoms with E-state index in [1.54, 1.807) is 97.1 Å². The van der Waals surface area contributed by atoms with E-state index in [1.165, 1.54) is 0 Å². The van der Waals surface area contributed by atoms with Gasteiger partial charge in [-0.15, -0.1) is 0 Å². The monoisotopic (exact) mass is 664 g/mol. The van der Waals surface area contributed by atoms with Gasteiger partial charge in [-0.1, -0.05) is 133 Å². The van der Waals surface area contributed by atoms with Crippen LogP contribution in [0.3, 0.4) is 0 Å². The van der Waals surface area contributed by atoms with Crippen molar-refractivity contribution in [2.45, 2.75) is 18.6 Å². The molecular weight excluding hydrogens is 626 g/mol. The summed E-state index contributed by atoms with van der Waals surface area (Å²) in [4.78, 5) is 20.0. The fourth-order valence-electron chi connectivity index (χ4n) is 4.65. The number of aliphatic hydroxyl groups is 2. The van der Waals surface area contributed by atoms with Crippen LogP contribution in [0.2, 0.25) is 0 Å². The van der Waals surface area contributed by atoms with E-state index >= 15 is 0 Å². The van der Waals surface area contributed by atoms with E-state index in [0.29, 0.717) is 27.6 Å². The Morgan fingerprint density at radius 2 is 0.553 bits per heavy atom. The molecule has 6 aromatic rings. The predicted molar refractivity (Wildman–Crippen MR) is 191 cm³/mol. The zero-order chi connectivity index (χ0) is 33.5. The number of aliphatic hydroxyl groups excluding tert-OH is 2. The highest BCUT2D eigenvalue weighted by Crippen LogP contribution is 2.38. The van der Waals surface area contributed by atoms with Crippen molar-refractivity contribution < 1.29 is 29.1 Å². The average molecular weight is 665 g/mol. The van der Waals surface area contributed by atoms with Gasteiger partial charge in [0, 0.05) is 27.6 Å². The van der Waals surface area contributed by atoms with Gasteiger partial charge in [0.15, 0.2) is 0 Å². The van der Waals surface area contributed by atoms with E-state index in [1.807, 2.05) is 84.9 Å². The molecule has 0 saturated heterocycles. The Kier molecular flexibility index (Phi) is 13.2. The third-order valence-corrected chi connectivity index (χ3v) is 11.2. The lowest BCUT2D eigenvalue weighted by molar-refractivity contribution is 0.0804. The van der Waals surface area contributed by atoms with Gasteiger partial charge in [-0.3, -0.25) is 9.13 Å². The van der Waals surface area contributed by atoms with Crippen LogP contribution in [0.5, 0.6) is 0 Å². The second kappa shape index (κ2) is 17.5. The summed E-state index contributed by atoms with van der Waals surface area (Å²) in [6, 6.07) is 53.6. The van der Waals surface area contributed by atoms with Crippen molar-refractivity contribution >= 4 is 36.0 Å². The lowest BCUT2D eigenvalue weighted by Crippen LogP contribution is -2.14. The summed E-state index contributed by atoms with van der Waals surface area (Å²) >= 11 is 0. The Morgan fingerprint density at radius 1 is 0.362 bits per heavy atom. The molecule has 4 N–H and O–H groups in total. The van der Waals surface area contributed by atoms with Crippen LogP contribution in [0.25, 0.3) is 0 Å². The van der Waals surface area contributed by atoms with E-state index in [-0.39, 0.29) is 0 Å². The summed E-state index contributed by atoms with van der Waals surface area (Å²) in [5.74, 6) is 0. The topological polar surface area (TPSA) is 115 Å². The summed E-state index contributed by atoms with van der Waals surface area (Å²) in [5, 5.41) is 21.9. The molecule has 6 nitrogen and oxygen atoms in total. The molecule has 240 valence electrons. The van der Waals surface area contributed by atoms with Gasteiger partial charge in [0.1, 0.15) is 0 Å². The third-order valence-electron chi connectivity index (χ3n) is 7.24. The molecule has 0 aliphatic rings. The Balaban J connectivity index is 0.000000160. The van der Waals surface area contributed by atoms with Crippen LogP contribution in [0, 0.1) is 0 Å². The first kappa shape index (κ1) is 35.5. The first-order chi connectivity index (χ1) is 22.7. The standard InChI is InChI=1S/C15H16O2.2C12H11O2P/c16-14(12-7-3-1-4-8-12)11-15(17)13-9-5-2-6-10-13;2*13-15(14,11-7-3-1-4-8-11)12-9-5-2-6-10-12/h1-10,14-17H,11H2;2*1-10H,(H,13,14). The van der Waals surface area contributed by atoms with Crippen molar-refractivity contribution in [1.29, 1.82) is 0 Å². The Morgan fingerprint density at radius 3 is 0.766 bits per heavy atom. The van der Waals surface area contributed by atoms with Gasteiger partial charge >= 0.3 is 0 Å². The fourth-order valence-corrected chi connectivity index (χ4v) is 7.55. The molecule has 0 aromatic heterocycles. The van der Waals surface area contributed by atoms with Crippen molar-refractivity contribution in [2.24, 2.45) is 0 Å². The predicted octanol–water partition coefficient (Wildman–Crippen LogP) is 6.66. The summed E-state index contributed by atoms with van der Waals surface area (Å²) in [6.07, 6.45) is -0.952. The molecule has 2 unspecified atom stereocenters.